The monoisotopic (exact) mass is 235 g/mol. The van der Waals surface area contributed by atoms with Gasteiger partial charge in [0.1, 0.15) is 5.69 Å². The van der Waals surface area contributed by atoms with Gasteiger partial charge in [0.2, 0.25) is 0 Å². The number of carbonyl (C=O) groups excluding carboxylic acids is 1. The van der Waals surface area contributed by atoms with Crippen molar-refractivity contribution >= 4 is 17.6 Å². The van der Waals surface area contributed by atoms with Gasteiger partial charge in [-0.05, 0) is 12.5 Å². The SMILES string of the molecule is COC(=O)c1c(Cl)cnc(C(F)F)c1C. The predicted octanol–water partition coefficient (Wildman–Crippen LogP) is 2.77. The van der Waals surface area contributed by atoms with Gasteiger partial charge in [-0.2, -0.15) is 0 Å². The fourth-order valence-electron chi connectivity index (χ4n) is 1.17. The summed E-state index contributed by atoms with van der Waals surface area (Å²) in [7, 11) is 1.15. The molecule has 1 heterocycles. The lowest BCUT2D eigenvalue weighted by molar-refractivity contribution is 0.0599. The second kappa shape index (κ2) is 4.53. The molecule has 6 heteroatoms. The molecule has 82 valence electrons. The van der Waals surface area contributed by atoms with Crippen molar-refractivity contribution < 1.29 is 18.3 Å². The summed E-state index contributed by atoms with van der Waals surface area (Å²) in [5.74, 6) is -0.748. The molecular formula is C9H8ClF2NO2. The number of nitrogens with zero attached hydrogens (tertiary/aromatic N) is 1. The van der Waals surface area contributed by atoms with Crippen LogP contribution >= 0.6 is 11.6 Å². The molecule has 1 aromatic heterocycles. The van der Waals surface area contributed by atoms with Gasteiger partial charge in [0, 0.05) is 6.20 Å². The topological polar surface area (TPSA) is 39.2 Å². The second-order valence-corrected chi connectivity index (χ2v) is 3.19. The van der Waals surface area contributed by atoms with E-state index in [1.807, 2.05) is 0 Å². The van der Waals surface area contributed by atoms with Gasteiger partial charge in [-0.25, -0.2) is 13.6 Å². The van der Waals surface area contributed by atoms with E-state index in [0.29, 0.717) is 0 Å². The van der Waals surface area contributed by atoms with Crippen LogP contribution in [0.1, 0.15) is 28.0 Å². The molecule has 0 unspecified atom stereocenters. The lowest BCUT2D eigenvalue weighted by Gasteiger charge is -2.09. The number of carbonyl (C=O) groups is 1. The van der Waals surface area contributed by atoms with Gasteiger partial charge in [0.05, 0.1) is 17.7 Å². The van der Waals surface area contributed by atoms with Gasteiger partial charge in [-0.15, -0.1) is 0 Å². The molecule has 0 aliphatic heterocycles. The molecule has 0 saturated heterocycles. The Morgan fingerprint density at radius 2 is 2.20 bits per heavy atom. The van der Waals surface area contributed by atoms with Crippen LogP contribution in [0, 0.1) is 6.92 Å². The molecule has 0 radical (unpaired) electrons. The molecule has 0 atom stereocenters. The Labute approximate surface area is 90.0 Å². The number of halogens is 3. The van der Waals surface area contributed by atoms with Gasteiger partial charge in [-0.3, -0.25) is 4.98 Å². The predicted molar refractivity (Wildman–Crippen MR) is 50.3 cm³/mol. The van der Waals surface area contributed by atoms with E-state index in [-0.39, 0.29) is 16.1 Å². The smallest absolute Gasteiger partial charge is 0.339 e. The highest BCUT2D eigenvalue weighted by molar-refractivity contribution is 6.33. The van der Waals surface area contributed by atoms with E-state index in [2.05, 4.69) is 9.72 Å². The van der Waals surface area contributed by atoms with E-state index in [1.165, 1.54) is 6.92 Å². The average molecular weight is 236 g/mol. The third kappa shape index (κ3) is 2.23. The third-order valence-corrected chi connectivity index (χ3v) is 2.20. The zero-order valence-electron chi connectivity index (χ0n) is 8.05. The van der Waals surface area contributed by atoms with E-state index < -0.39 is 18.1 Å². The first kappa shape index (κ1) is 11.8. The Morgan fingerprint density at radius 1 is 1.60 bits per heavy atom. The second-order valence-electron chi connectivity index (χ2n) is 2.78. The van der Waals surface area contributed by atoms with Gasteiger partial charge in [0.25, 0.3) is 6.43 Å². The van der Waals surface area contributed by atoms with E-state index >= 15 is 0 Å². The largest absolute Gasteiger partial charge is 0.465 e. The standard InChI is InChI=1S/C9H8ClF2NO2/c1-4-6(9(14)15-2)5(10)3-13-7(4)8(11)12/h3,8H,1-2H3. The Balaban J connectivity index is 3.36. The number of hydrogen-bond donors (Lipinski definition) is 0. The number of aromatic nitrogens is 1. The number of pyridine rings is 1. The van der Waals surface area contributed by atoms with Crippen LogP contribution in [-0.2, 0) is 4.74 Å². The summed E-state index contributed by atoms with van der Waals surface area (Å²) in [6.07, 6.45) is -1.73. The number of methoxy groups -OCH3 is 1. The number of hydrogen-bond acceptors (Lipinski definition) is 3. The highest BCUT2D eigenvalue weighted by atomic mass is 35.5. The summed E-state index contributed by atoms with van der Waals surface area (Å²) in [5.41, 5.74) is -0.478. The number of rotatable bonds is 2. The highest BCUT2D eigenvalue weighted by Crippen LogP contribution is 2.27. The summed E-state index contributed by atoms with van der Waals surface area (Å²) < 4.78 is 29.3. The summed E-state index contributed by atoms with van der Waals surface area (Å²) in [6.45, 7) is 1.35. The van der Waals surface area contributed by atoms with Crippen LogP contribution in [0.5, 0.6) is 0 Å². The molecule has 0 fully saturated rings. The van der Waals surface area contributed by atoms with Crippen molar-refractivity contribution in [2.24, 2.45) is 0 Å². The summed E-state index contributed by atoms with van der Waals surface area (Å²) in [5, 5.41) is 0.00347. The van der Waals surface area contributed by atoms with Crippen LogP contribution in [0.2, 0.25) is 5.02 Å². The van der Waals surface area contributed by atoms with Crippen molar-refractivity contribution in [2.75, 3.05) is 7.11 Å². The fourth-order valence-corrected chi connectivity index (χ4v) is 1.44. The van der Waals surface area contributed by atoms with Crippen molar-refractivity contribution in [3.8, 4) is 0 Å². The van der Waals surface area contributed by atoms with E-state index in [9.17, 15) is 13.6 Å². The van der Waals surface area contributed by atoms with E-state index in [1.54, 1.807) is 0 Å². The maximum atomic E-state index is 12.4. The number of ether oxygens (including phenoxy) is 1. The molecular weight excluding hydrogens is 228 g/mol. The Hall–Kier alpha value is -1.23. The zero-order valence-corrected chi connectivity index (χ0v) is 8.81. The van der Waals surface area contributed by atoms with Gasteiger partial charge >= 0.3 is 5.97 Å². The van der Waals surface area contributed by atoms with Crippen LogP contribution in [0.15, 0.2) is 6.20 Å². The number of esters is 1. The van der Waals surface area contributed by atoms with Crippen LogP contribution in [0.25, 0.3) is 0 Å². The third-order valence-electron chi connectivity index (χ3n) is 1.91. The van der Waals surface area contributed by atoms with Gasteiger partial charge < -0.3 is 4.74 Å². The molecule has 0 aromatic carbocycles. The van der Waals surface area contributed by atoms with Crippen LogP contribution in [-0.4, -0.2) is 18.1 Å². The molecule has 0 aliphatic rings. The molecule has 0 saturated carbocycles. The first-order chi connectivity index (χ1) is 6.99. The molecule has 3 nitrogen and oxygen atoms in total. The Kier molecular flexibility index (Phi) is 3.57. The van der Waals surface area contributed by atoms with Gasteiger partial charge in [0.15, 0.2) is 0 Å². The van der Waals surface area contributed by atoms with Crippen molar-refractivity contribution in [1.82, 2.24) is 4.98 Å². The first-order valence-electron chi connectivity index (χ1n) is 4.00. The minimum atomic E-state index is -2.74. The molecule has 0 spiro atoms. The molecule has 1 rings (SSSR count). The van der Waals surface area contributed by atoms with Crippen molar-refractivity contribution in [1.29, 1.82) is 0 Å². The van der Waals surface area contributed by atoms with Crippen LogP contribution < -0.4 is 0 Å². The first-order valence-corrected chi connectivity index (χ1v) is 4.38. The maximum Gasteiger partial charge on any atom is 0.339 e. The minimum absolute atomic E-state index is 0.00347. The van der Waals surface area contributed by atoms with Crippen molar-refractivity contribution in [3.05, 3.63) is 28.0 Å². The number of alkyl halides is 2. The van der Waals surface area contributed by atoms with Crippen molar-refractivity contribution in [3.63, 3.8) is 0 Å². The molecule has 0 N–H and O–H groups in total. The molecule has 1 aromatic rings. The lowest BCUT2D eigenvalue weighted by Crippen LogP contribution is -2.08. The molecule has 0 bridgehead atoms. The fraction of sp³-hybridized carbons (Fsp3) is 0.333. The van der Waals surface area contributed by atoms with Crippen molar-refractivity contribution in [2.45, 2.75) is 13.3 Å². The Morgan fingerprint density at radius 3 is 2.67 bits per heavy atom. The zero-order chi connectivity index (χ0) is 11.6. The Bertz CT molecular complexity index is 396. The average Bonchev–Trinajstić information content (AvgIpc) is 2.16. The molecule has 0 aliphatic carbocycles. The lowest BCUT2D eigenvalue weighted by atomic mass is 10.1. The summed E-state index contributed by atoms with van der Waals surface area (Å²) in [4.78, 5) is 14.7. The highest BCUT2D eigenvalue weighted by Gasteiger charge is 2.21. The van der Waals surface area contributed by atoms with Crippen LogP contribution in [0.3, 0.4) is 0 Å². The van der Waals surface area contributed by atoms with E-state index in [4.69, 9.17) is 11.6 Å². The van der Waals surface area contributed by atoms with Crippen LogP contribution in [0.4, 0.5) is 8.78 Å². The quantitative estimate of drug-likeness (QED) is 0.740. The van der Waals surface area contributed by atoms with E-state index in [0.717, 1.165) is 13.3 Å². The summed E-state index contributed by atoms with van der Waals surface area (Å²) >= 11 is 5.67. The summed E-state index contributed by atoms with van der Waals surface area (Å²) in [6, 6.07) is 0. The molecule has 15 heavy (non-hydrogen) atoms. The normalized spacial score (nSPS) is 10.5. The maximum absolute atomic E-state index is 12.4. The molecule has 0 amide bonds. The minimum Gasteiger partial charge on any atom is -0.465 e. The van der Waals surface area contributed by atoms with Gasteiger partial charge in [-0.1, -0.05) is 11.6 Å².